The minimum absolute atomic E-state index is 0.620. The summed E-state index contributed by atoms with van der Waals surface area (Å²) in [5.41, 5.74) is 0. The van der Waals surface area contributed by atoms with Gasteiger partial charge in [-0.2, -0.15) is 0 Å². The summed E-state index contributed by atoms with van der Waals surface area (Å²) in [5.74, 6) is -0.620. The summed E-state index contributed by atoms with van der Waals surface area (Å²) in [5, 5.41) is 0. The fraction of sp³-hybridized carbons (Fsp3) is 0.333. The van der Waals surface area contributed by atoms with E-state index in [0.29, 0.717) is 0 Å². The molecular weight excluding hydrogens is 74.0 g/mol. The molecule has 0 bridgehead atoms. The molecule has 1 atom stereocenters. The molecule has 0 saturated heterocycles. The first-order valence-corrected chi connectivity index (χ1v) is 1.32. The van der Waals surface area contributed by atoms with Gasteiger partial charge in [-0.1, -0.05) is 0 Å². The molecule has 0 fully saturated rings. The minimum Gasteiger partial charge on any atom is -0.235 e. The predicted octanol–water partition coefficient (Wildman–Crippen LogP) is 1.19. The highest BCUT2D eigenvalue weighted by molar-refractivity contribution is 5.23. The van der Waals surface area contributed by atoms with Crippen LogP contribution in [0.3, 0.4) is 0 Å². The zero-order chi connectivity index (χ0) is 3.86. The van der Waals surface area contributed by atoms with E-state index in [-0.39, 0.29) is 0 Å². The van der Waals surface area contributed by atoms with Gasteiger partial charge >= 0.3 is 0 Å². The lowest BCUT2D eigenvalue weighted by molar-refractivity contribution is 0.452. The third-order valence-electron chi connectivity index (χ3n) is 0.460. The zero-order valence-corrected chi connectivity index (χ0v) is 2.41. The Morgan fingerprint density at radius 1 is 1.80 bits per heavy atom. The van der Waals surface area contributed by atoms with Gasteiger partial charge in [-0.25, -0.2) is 8.78 Å². The van der Waals surface area contributed by atoms with E-state index in [1.54, 1.807) is 0 Å². The first-order valence-electron chi connectivity index (χ1n) is 1.32. The van der Waals surface area contributed by atoms with Gasteiger partial charge in [0.15, 0.2) is 6.17 Å². The highest BCUT2D eigenvalue weighted by Crippen LogP contribution is 2.23. The Morgan fingerprint density at radius 3 is 2.00 bits per heavy atom. The van der Waals surface area contributed by atoms with Crippen molar-refractivity contribution >= 4 is 0 Å². The second-order valence-corrected chi connectivity index (χ2v) is 0.953. The van der Waals surface area contributed by atoms with E-state index in [1.807, 2.05) is 0 Å². The molecule has 0 aromatic carbocycles. The standard InChI is InChI=1S/C3H2F2/c4-2-1-3(2)5/h1-2H. The molecule has 0 heterocycles. The van der Waals surface area contributed by atoms with Gasteiger partial charge in [0.05, 0.1) is 0 Å². The molecule has 0 aromatic rings. The fourth-order valence-electron chi connectivity index (χ4n) is 0.0917. The maximum Gasteiger partial charge on any atom is 0.172 e. The lowest BCUT2D eigenvalue weighted by Gasteiger charge is -1.61. The summed E-state index contributed by atoms with van der Waals surface area (Å²) >= 11 is 0. The van der Waals surface area contributed by atoms with Crippen molar-refractivity contribution in [3.05, 3.63) is 11.9 Å². The van der Waals surface area contributed by atoms with E-state index in [2.05, 4.69) is 0 Å². The smallest absolute Gasteiger partial charge is 0.172 e. The van der Waals surface area contributed by atoms with Crippen LogP contribution in [-0.4, -0.2) is 6.17 Å². The largest absolute Gasteiger partial charge is 0.235 e. The van der Waals surface area contributed by atoms with Gasteiger partial charge in [-0.15, -0.1) is 0 Å². The molecular formula is C3H2F2. The Kier molecular flexibility index (Phi) is 0.315. The van der Waals surface area contributed by atoms with Crippen LogP contribution < -0.4 is 0 Å². The molecule has 1 aliphatic carbocycles. The Hall–Kier alpha value is -0.400. The molecule has 0 nitrogen and oxygen atoms in total. The number of hydrogen-bond acceptors (Lipinski definition) is 0. The molecule has 2 heteroatoms. The lowest BCUT2D eigenvalue weighted by atomic mass is 10.8. The van der Waals surface area contributed by atoms with Crippen LogP contribution in [0.15, 0.2) is 11.9 Å². The van der Waals surface area contributed by atoms with E-state index in [1.165, 1.54) is 0 Å². The van der Waals surface area contributed by atoms with Crippen molar-refractivity contribution < 1.29 is 8.78 Å². The molecule has 0 amide bonds. The first-order chi connectivity index (χ1) is 2.30. The molecule has 1 rings (SSSR count). The number of halogens is 2. The van der Waals surface area contributed by atoms with Crippen LogP contribution in [-0.2, 0) is 0 Å². The average molecular weight is 76.0 g/mol. The van der Waals surface area contributed by atoms with Crippen molar-refractivity contribution in [3.8, 4) is 0 Å². The summed E-state index contributed by atoms with van der Waals surface area (Å²) in [6.07, 6.45) is -0.407. The summed E-state index contributed by atoms with van der Waals surface area (Å²) < 4.78 is 22.0. The third kappa shape index (κ3) is 0.294. The molecule has 28 valence electrons. The van der Waals surface area contributed by atoms with E-state index in [9.17, 15) is 8.78 Å². The van der Waals surface area contributed by atoms with Gasteiger partial charge in [0, 0.05) is 0 Å². The van der Waals surface area contributed by atoms with Gasteiger partial charge in [0.2, 0.25) is 0 Å². The predicted molar refractivity (Wildman–Crippen MR) is 14.1 cm³/mol. The van der Waals surface area contributed by atoms with Gasteiger partial charge in [0.1, 0.15) is 5.83 Å². The van der Waals surface area contributed by atoms with Gasteiger partial charge in [-0.05, 0) is 6.08 Å². The maximum absolute atomic E-state index is 11.0. The Balaban J connectivity index is 2.38. The Morgan fingerprint density at radius 2 is 2.00 bits per heavy atom. The zero-order valence-electron chi connectivity index (χ0n) is 2.41. The van der Waals surface area contributed by atoms with Crippen LogP contribution in [0.2, 0.25) is 0 Å². The number of rotatable bonds is 0. The molecule has 0 spiro atoms. The monoisotopic (exact) mass is 76.0 g/mol. The lowest BCUT2D eigenvalue weighted by Crippen LogP contribution is -1.62. The molecule has 0 aliphatic heterocycles. The molecule has 1 unspecified atom stereocenters. The second kappa shape index (κ2) is 0.559. The molecule has 0 radical (unpaired) electrons. The van der Waals surface area contributed by atoms with Crippen molar-refractivity contribution in [1.82, 2.24) is 0 Å². The molecule has 1 aliphatic rings. The SMILES string of the molecule is FC1=CC1F. The summed E-state index contributed by atoms with van der Waals surface area (Å²) in [4.78, 5) is 0. The quantitative estimate of drug-likeness (QED) is 0.406. The van der Waals surface area contributed by atoms with Crippen LogP contribution in [0, 0.1) is 0 Å². The summed E-state index contributed by atoms with van der Waals surface area (Å²) in [7, 11) is 0. The van der Waals surface area contributed by atoms with Gasteiger partial charge in [-0.3, -0.25) is 0 Å². The summed E-state index contributed by atoms with van der Waals surface area (Å²) in [6, 6.07) is 0. The van der Waals surface area contributed by atoms with Crippen molar-refractivity contribution in [2.75, 3.05) is 0 Å². The highest BCUT2D eigenvalue weighted by Gasteiger charge is 2.22. The first kappa shape index (κ1) is 2.82. The van der Waals surface area contributed by atoms with Crippen molar-refractivity contribution in [1.29, 1.82) is 0 Å². The topological polar surface area (TPSA) is 0 Å². The van der Waals surface area contributed by atoms with Crippen molar-refractivity contribution in [2.45, 2.75) is 6.17 Å². The van der Waals surface area contributed by atoms with E-state index < -0.39 is 12.0 Å². The van der Waals surface area contributed by atoms with Crippen LogP contribution in [0.4, 0.5) is 8.78 Å². The van der Waals surface area contributed by atoms with E-state index >= 15 is 0 Å². The van der Waals surface area contributed by atoms with E-state index in [0.717, 1.165) is 6.08 Å². The molecule has 0 N–H and O–H groups in total. The summed E-state index contributed by atoms with van der Waals surface area (Å²) in [6.45, 7) is 0. The van der Waals surface area contributed by atoms with Crippen LogP contribution in [0.1, 0.15) is 0 Å². The van der Waals surface area contributed by atoms with Crippen LogP contribution in [0.5, 0.6) is 0 Å². The third-order valence-corrected chi connectivity index (χ3v) is 0.460. The van der Waals surface area contributed by atoms with Crippen molar-refractivity contribution in [3.63, 3.8) is 0 Å². The maximum atomic E-state index is 11.0. The minimum atomic E-state index is -1.32. The number of allylic oxidation sites excluding steroid dienone is 2. The number of alkyl halides is 1. The number of hydrogen-bond donors (Lipinski definition) is 0. The molecule has 5 heavy (non-hydrogen) atoms. The second-order valence-electron chi connectivity index (χ2n) is 0.953. The average Bonchev–Trinajstić information content (AvgIpc) is 1.79. The highest BCUT2D eigenvalue weighted by atomic mass is 19.2. The Labute approximate surface area is 28.1 Å². The van der Waals surface area contributed by atoms with Gasteiger partial charge < -0.3 is 0 Å². The van der Waals surface area contributed by atoms with Crippen LogP contribution in [0.25, 0.3) is 0 Å². The van der Waals surface area contributed by atoms with Gasteiger partial charge in [0.25, 0.3) is 0 Å². The van der Waals surface area contributed by atoms with Crippen LogP contribution >= 0.6 is 0 Å². The molecule has 0 aromatic heterocycles. The van der Waals surface area contributed by atoms with Crippen molar-refractivity contribution in [2.24, 2.45) is 0 Å². The van der Waals surface area contributed by atoms with E-state index in [4.69, 9.17) is 0 Å². The molecule has 0 saturated carbocycles. The fourth-order valence-corrected chi connectivity index (χ4v) is 0.0917. The normalized spacial score (nSPS) is 33.2. The Bertz CT molecular complexity index is 75.0.